The third-order valence-electron chi connectivity index (χ3n) is 2.96. The molecular weight excluding hydrogens is 358 g/mol. The minimum absolute atomic E-state index is 0.279. The van der Waals surface area contributed by atoms with Crippen molar-refractivity contribution >= 4 is 31.9 Å². The van der Waals surface area contributed by atoms with E-state index in [1.54, 1.807) is 0 Å². The summed E-state index contributed by atoms with van der Waals surface area (Å²) in [6, 6.07) is 6.52. The summed E-state index contributed by atoms with van der Waals surface area (Å²) in [5.74, 6) is 0. The Balaban J connectivity index is 2.03. The smallest absolute Gasteiger partial charge is 0.0535 e. The fourth-order valence-corrected chi connectivity index (χ4v) is 3.17. The fourth-order valence-electron chi connectivity index (χ4n) is 1.78. The summed E-state index contributed by atoms with van der Waals surface area (Å²) in [7, 11) is 0. The number of benzene rings is 1. The third kappa shape index (κ3) is 3.22. The Bertz CT molecular complexity index is 537. The quantitative estimate of drug-likeness (QED) is 0.848. The van der Waals surface area contributed by atoms with Crippen LogP contribution in [0.5, 0.6) is 0 Å². The average molecular weight is 373 g/mol. The molecular formula is C13H15Br2N3. The maximum Gasteiger partial charge on any atom is 0.0535 e. The van der Waals surface area contributed by atoms with E-state index in [0.29, 0.717) is 0 Å². The molecule has 0 saturated carbocycles. The van der Waals surface area contributed by atoms with Gasteiger partial charge in [-0.15, -0.1) is 0 Å². The molecule has 1 atom stereocenters. The highest BCUT2D eigenvalue weighted by Gasteiger charge is 2.10. The van der Waals surface area contributed by atoms with Gasteiger partial charge in [0.05, 0.1) is 6.20 Å². The second-order valence-electron chi connectivity index (χ2n) is 4.29. The minimum Gasteiger partial charge on any atom is -0.306 e. The second kappa shape index (κ2) is 5.99. The molecule has 1 aromatic carbocycles. The summed E-state index contributed by atoms with van der Waals surface area (Å²) in [5, 5.41) is 10.5. The van der Waals surface area contributed by atoms with Crippen molar-refractivity contribution in [2.75, 3.05) is 0 Å². The molecule has 0 radical (unpaired) electrons. The molecule has 18 heavy (non-hydrogen) atoms. The van der Waals surface area contributed by atoms with Gasteiger partial charge in [-0.1, -0.05) is 37.9 Å². The highest BCUT2D eigenvalue weighted by atomic mass is 79.9. The van der Waals surface area contributed by atoms with Crippen molar-refractivity contribution in [3.63, 3.8) is 0 Å². The molecule has 2 aromatic rings. The maximum atomic E-state index is 4.02. The highest BCUT2D eigenvalue weighted by molar-refractivity contribution is 9.11. The maximum absolute atomic E-state index is 4.02. The van der Waals surface area contributed by atoms with Crippen LogP contribution in [0, 0.1) is 6.92 Å². The first-order valence-corrected chi connectivity index (χ1v) is 7.33. The molecule has 2 rings (SSSR count). The number of rotatable bonds is 4. The molecule has 1 aromatic heterocycles. The molecule has 1 heterocycles. The molecule has 0 aliphatic heterocycles. The van der Waals surface area contributed by atoms with Crippen LogP contribution in [0.25, 0.3) is 0 Å². The summed E-state index contributed by atoms with van der Waals surface area (Å²) < 4.78 is 2.19. The average Bonchev–Trinajstić information content (AvgIpc) is 2.72. The number of aromatic amines is 1. The molecule has 1 unspecified atom stereocenters. The van der Waals surface area contributed by atoms with Crippen molar-refractivity contribution in [2.24, 2.45) is 0 Å². The van der Waals surface area contributed by atoms with E-state index in [-0.39, 0.29) is 6.04 Å². The van der Waals surface area contributed by atoms with Gasteiger partial charge in [-0.25, -0.2) is 0 Å². The van der Waals surface area contributed by atoms with E-state index >= 15 is 0 Å². The van der Waals surface area contributed by atoms with Gasteiger partial charge in [-0.05, 0) is 31.5 Å². The number of halogens is 2. The van der Waals surface area contributed by atoms with Gasteiger partial charge < -0.3 is 5.32 Å². The summed E-state index contributed by atoms with van der Waals surface area (Å²) >= 11 is 7.06. The van der Waals surface area contributed by atoms with Crippen LogP contribution >= 0.6 is 31.9 Å². The van der Waals surface area contributed by atoms with Crippen LogP contribution in [-0.4, -0.2) is 10.2 Å². The lowest BCUT2D eigenvalue weighted by molar-refractivity contribution is 0.571. The van der Waals surface area contributed by atoms with Gasteiger partial charge in [0.15, 0.2) is 0 Å². The van der Waals surface area contributed by atoms with Crippen LogP contribution in [-0.2, 0) is 6.54 Å². The summed E-state index contributed by atoms with van der Waals surface area (Å²) in [5.41, 5.74) is 3.57. The number of H-pyrrole nitrogens is 1. The first kappa shape index (κ1) is 13.8. The van der Waals surface area contributed by atoms with Crippen molar-refractivity contribution in [3.8, 4) is 0 Å². The molecule has 96 valence electrons. The van der Waals surface area contributed by atoms with Gasteiger partial charge in [0.1, 0.15) is 0 Å². The van der Waals surface area contributed by atoms with E-state index in [2.05, 4.69) is 72.5 Å². The lowest BCUT2D eigenvalue weighted by Crippen LogP contribution is -2.18. The molecule has 0 aliphatic rings. The van der Waals surface area contributed by atoms with E-state index in [0.717, 1.165) is 21.2 Å². The van der Waals surface area contributed by atoms with Crippen molar-refractivity contribution in [3.05, 3.63) is 50.2 Å². The standard InChI is InChI=1S/C13H15Br2N3/c1-8-10(7-17-18-8)6-16-9(2)12-4-3-11(14)5-13(12)15/h3-5,7,9,16H,6H2,1-2H3,(H,17,18). The molecule has 2 N–H and O–H groups in total. The first-order chi connectivity index (χ1) is 8.58. The van der Waals surface area contributed by atoms with Crippen molar-refractivity contribution in [2.45, 2.75) is 26.4 Å². The summed E-state index contributed by atoms with van der Waals surface area (Å²) in [4.78, 5) is 0. The topological polar surface area (TPSA) is 40.7 Å². The first-order valence-electron chi connectivity index (χ1n) is 5.75. The zero-order valence-electron chi connectivity index (χ0n) is 10.3. The van der Waals surface area contributed by atoms with Crippen LogP contribution < -0.4 is 5.32 Å². The second-order valence-corrected chi connectivity index (χ2v) is 6.06. The largest absolute Gasteiger partial charge is 0.306 e. The van der Waals surface area contributed by atoms with Crippen molar-refractivity contribution < 1.29 is 0 Å². The minimum atomic E-state index is 0.279. The van der Waals surface area contributed by atoms with Crippen LogP contribution in [0.15, 0.2) is 33.3 Å². The Labute approximate surface area is 124 Å². The van der Waals surface area contributed by atoms with E-state index in [4.69, 9.17) is 0 Å². The highest BCUT2D eigenvalue weighted by Crippen LogP contribution is 2.26. The Kier molecular flexibility index (Phi) is 4.59. The number of hydrogen-bond acceptors (Lipinski definition) is 2. The van der Waals surface area contributed by atoms with Gasteiger partial charge in [0.2, 0.25) is 0 Å². The predicted molar refractivity (Wildman–Crippen MR) is 80.4 cm³/mol. The third-order valence-corrected chi connectivity index (χ3v) is 4.14. The molecule has 0 saturated heterocycles. The summed E-state index contributed by atoms with van der Waals surface area (Å²) in [6.45, 7) is 5.00. The SMILES string of the molecule is Cc1[nH]ncc1CNC(C)c1ccc(Br)cc1Br. The normalized spacial score (nSPS) is 12.7. The van der Waals surface area contributed by atoms with Crippen LogP contribution in [0.1, 0.15) is 29.8 Å². The Morgan fingerprint density at radius 2 is 2.17 bits per heavy atom. The molecule has 0 bridgehead atoms. The summed E-state index contributed by atoms with van der Waals surface area (Å²) in [6.07, 6.45) is 1.87. The lowest BCUT2D eigenvalue weighted by atomic mass is 10.1. The lowest BCUT2D eigenvalue weighted by Gasteiger charge is -2.16. The fraction of sp³-hybridized carbons (Fsp3) is 0.308. The zero-order chi connectivity index (χ0) is 13.1. The van der Waals surface area contributed by atoms with Gasteiger partial charge in [0.25, 0.3) is 0 Å². The van der Waals surface area contributed by atoms with E-state index in [1.165, 1.54) is 11.1 Å². The molecule has 3 nitrogen and oxygen atoms in total. The molecule has 5 heteroatoms. The molecule has 0 fully saturated rings. The van der Waals surface area contributed by atoms with E-state index in [9.17, 15) is 0 Å². The number of hydrogen-bond donors (Lipinski definition) is 2. The van der Waals surface area contributed by atoms with Crippen LogP contribution in [0.4, 0.5) is 0 Å². The van der Waals surface area contributed by atoms with E-state index in [1.807, 2.05) is 13.1 Å². The van der Waals surface area contributed by atoms with Gasteiger partial charge in [0, 0.05) is 32.8 Å². The van der Waals surface area contributed by atoms with Crippen molar-refractivity contribution in [1.29, 1.82) is 0 Å². The number of aromatic nitrogens is 2. The number of aryl methyl sites for hydroxylation is 1. The van der Waals surface area contributed by atoms with Gasteiger partial charge in [-0.3, -0.25) is 5.10 Å². The Morgan fingerprint density at radius 3 is 2.78 bits per heavy atom. The molecule has 0 spiro atoms. The number of nitrogens with zero attached hydrogens (tertiary/aromatic N) is 1. The van der Waals surface area contributed by atoms with E-state index < -0.39 is 0 Å². The number of nitrogens with one attached hydrogen (secondary N) is 2. The van der Waals surface area contributed by atoms with Crippen molar-refractivity contribution in [1.82, 2.24) is 15.5 Å². The molecule has 0 aliphatic carbocycles. The Morgan fingerprint density at radius 1 is 1.39 bits per heavy atom. The van der Waals surface area contributed by atoms with Gasteiger partial charge in [-0.2, -0.15) is 5.10 Å². The van der Waals surface area contributed by atoms with Gasteiger partial charge >= 0.3 is 0 Å². The van der Waals surface area contributed by atoms with Crippen LogP contribution in [0.2, 0.25) is 0 Å². The predicted octanol–water partition coefficient (Wildman–Crippen LogP) is 4.09. The zero-order valence-corrected chi connectivity index (χ0v) is 13.5. The Hall–Kier alpha value is -0.650. The van der Waals surface area contributed by atoms with Crippen LogP contribution in [0.3, 0.4) is 0 Å². The molecule has 0 amide bonds. The monoisotopic (exact) mass is 371 g/mol.